The Bertz CT molecular complexity index is 1150. The van der Waals surface area contributed by atoms with Crippen LogP contribution in [0.2, 0.25) is 5.02 Å². The number of halogens is 4. The van der Waals surface area contributed by atoms with E-state index in [1.165, 1.54) is 0 Å². The molecule has 2 saturated heterocycles. The number of hydrogen-bond acceptors (Lipinski definition) is 6. The van der Waals surface area contributed by atoms with Crippen molar-refractivity contribution in [3.05, 3.63) is 53.7 Å². The molecular formula is C28H35ClF3N5O4. The van der Waals surface area contributed by atoms with Gasteiger partial charge in [0.25, 0.3) is 0 Å². The lowest BCUT2D eigenvalue weighted by atomic mass is 9.94. The molecule has 0 spiro atoms. The molecule has 41 heavy (non-hydrogen) atoms. The third-order valence-electron chi connectivity index (χ3n) is 7.12. The van der Waals surface area contributed by atoms with Gasteiger partial charge < -0.3 is 19.8 Å². The van der Waals surface area contributed by atoms with Gasteiger partial charge in [-0.2, -0.15) is 13.2 Å². The Balaban J connectivity index is 0.000000587. The number of benzene rings is 1. The molecule has 0 aliphatic carbocycles. The minimum Gasteiger partial charge on any atom is -0.475 e. The van der Waals surface area contributed by atoms with E-state index in [2.05, 4.69) is 20.9 Å². The molecule has 0 saturated carbocycles. The van der Waals surface area contributed by atoms with Gasteiger partial charge in [-0.25, -0.2) is 9.78 Å². The number of aliphatic carboxylic acids is 1. The first-order valence-corrected chi connectivity index (χ1v) is 13.8. The molecule has 2 amide bonds. The Kier molecular flexibility index (Phi) is 11.8. The fourth-order valence-corrected chi connectivity index (χ4v) is 5.05. The molecule has 1 aromatic carbocycles. The molecule has 2 fully saturated rings. The number of aromatic nitrogens is 1. The smallest absolute Gasteiger partial charge is 0.475 e. The number of piperidine rings is 1. The number of carbonyl (C=O) groups is 3. The van der Waals surface area contributed by atoms with Crippen LogP contribution >= 0.6 is 11.6 Å². The highest BCUT2D eigenvalue weighted by molar-refractivity contribution is 6.30. The number of nitrogens with zero attached hydrogens (tertiary/aromatic N) is 5. The Labute approximate surface area is 242 Å². The predicted octanol–water partition coefficient (Wildman–Crippen LogP) is 4.17. The largest absolute Gasteiger partial charge is 0.490 e. The summed E-state index contributed by atoms with van der Waals surface area (Å²) in [7, 11) is 0. The lowest BCUT2D eigenvalue weighted by molar-refractivity contribution is -0.192. The fraction of sp³-hybridized carbons (Fsp3) is 0.500. The molecule has 1 aromatic heterocycles. The highest BCUT2D eigenvalue weighted by Crippen LogP contribution is 2.26. The van der Waals surface area contributed by atoms with E-state index in [1.54, 1.807) is 6.92 Å². The van der Waals surface area contributed by atoms with Gasteiger partial charge in [0.15, 0.2) is 0 Å². The maximum atomic E-state index is 13.5. The molecule has 2 aliphatic heterocycles. The van der Waals surface area contributed by atoms with E-state index in [1.807, 2.05) is 52.4 Å². The number of amides is 2. The number of anilines is 2. The molecule has 0 bridgehead atoms. The summed E-state index contributed by atoms with van der Waals surface area (Å²) in [5.41, 5.74) is 0.853. The third-order valence-corrected chi connectivity index (χ3v) is 7.35. The van der Waals surface area contributed by atoms with Crippen LogP contribution in [0.1, 0.15) is 26.2 Å². The van der Waals surface area contributed by atoms with Crippen molar-refractivity contribution in [1.29, 1.82) is 0 Å². The summed E-state index contributed by atoms with van der Waals surface area (Å²) < 4.78 is 31.7. The highest BCUT2D eigenvalue weighted by Gasteiger charge is 2.38. The van der Waals surface area contributed by atoms with E-state index >= 15 is 0 Å². The number of carboxylic acid groups (broad SMARTS) is 1. The number of rotatable bonds is 7. The molecule has 2 aromatic rings. The van der Waals surface area contributed by atoms with Crippen molar-refractivity contribution in [2.45, 2.75) is 32.4 Å². The summed E-state index contributed by atoms with van der Waals surface area (Å²) in [5.74, 6) is -1.55. The Hall–Kier alpha value is -3.38. The van der Waals surface area contributed by atoms with Crippen LogP contribution in [0.4, 0.5) is 24.7 Å². The number of pyridine rings is 1. The molecule has 2 aliphatic rings. The van der Waals surface area contributed by atoms with E-state index in [0.29, 0.717) is 37.5 Å². The zero-order valence-corrected chi connectivity index (χ0v) is 23.7. The van der Waals surface area contributed by atoms with E-state index in [4.69, 9.17) is 21.5 Å². The van der Waals surface area contributed by atoms with E-state index < -0.39 is 12.1 Å². The Morgan fingerprint density at radius 2 is 1.68 bits per heavy atom. The summed E-state index contributed by atoms with van der Waals surface area (Å²) >= 11 is 6.25. The number of carbonyl (C=O) groups excluding carboxylic acids is 2. The lowest BCUT2D eigenvalue weighted by Gasteiger charge is -2.36. The number of likely N-dealkylation sites (tertiary alicyclic amines) is 1. The maximum absolute atomic E-state index is 13.5. The van der Waals surface area contributed by atoms with Crippen molar-refractivity contribution in [3.8, 4) is 0 Å². The zero-order chi connectivity index (χ0) is 30.0. The summed E-state index contributed by atoms with van der Waals surface area (Å²) in [4.78, 5) is 47.1. The van der Waals surface area contributed by atoms with Crippen LogP contribution in [0, 0.1) is 5.92 Å². The fourth-order valence-electron chi connectivity index (χ4n) is 4.87. The third kappa shape index (κ3) is 9.89. The van der Waals surface area contributed by atoms with Gasteiger partial charge in [-0.1, -0.05) is 23.7 Å². The highest BCUT2D eigenvalue weighted by atomic mass is 35.5. The second-order valence-electron chi connectivity index (χ2n) is 9.92. The average Bonchev–Trinajstić information content (AvgIpc) is 2.96. The van der Waals surface area contributed by atoms with Crippen LogP contribution in [0.3, 0.4) is 0 Å². The lowest BCUT2D eigenvalue weighted by Crippen LogP contribution is -2.48. The Morgan fingerprint density at radius 1 is 1.02 bits per heavy atom. The SMILES string of the molecule is CC(=O)N1CCC(C(=O)N(CCCN2CCN(c3ccccn3)CC2)c2cccc(Cl)c2)CC1.O=C(O)C(F)(F)F. The first-order chi connectivity index (χ1) is 19.5. The summed E-state index contributed by atoms with van der Waals surface area (Å²) in [5, 5.41) is 7.76. The van der Waals surface area contributed by atoms with Crippen LogP contribution < -0.4 is 9.80 Å². The van der Waals surface area contributed by atoms with Crippen LogP contribution in [0.25, 0.3) is 0 Å². The van der Waals surface area contributed by atoms with Gasteiger partial charge in [-0.05, 0) is 56.1 Å². The van der Waals surface area contributed by atoms with Gasteiger partial charge in [0.05, 0.1) is 0 Å². The van der Waals surface area contributed by atoms with Crippen molar-refractivity contribution in [2.75, 3.05) is 62.2 Å². The molecule has 0 radical (unpaired) electrons. The first-order valence-electron chi connectivity index (χ1n) is 13.5. The average molecular weight is 598 g/mol. The predicted molar refractivity (Wildman–Crippen MR) is 150 cm³/mol. The topological polar surface area (TPSA) is 97.3 Å². The van der Waals surface area contributed by atoms with Crippen molar-refractivity contribution in [1.82, 2.24) is 14.8 Å². The number of hydrogen-bond donors (Lipinski definition) is 1. The minimum absolute atomic E-state index is 0.0588. The van der Waals surface area contributed by atoms with Crippen molar-refractivity contribution in [3.63, 3.8) is 0 Å². The summed E-state index contributed by atoms with van der Waals surface area (Å²) in [6.07, 6.45) is -0.919. The van der Waals surface area contributed by atoms with E-state index in [-0.39, 0.29) is 17.7 Å². The molecule has 9 nitrogen and oxygen atoms in total. The molecular weight excluding hydrogens is 563 g/mol. The van der Waals surface area contributed by atoms with Gasteiger partial charge in [-0.3, -0.25) is 14.5 Å². The Morgan fingerprint density at radius 3 is 2.22 bits per heavy atom. The number of carboxylic acids is 1. The molecule has 4 rings (SSSR count). The van der Waals surface area contributed by atoms with Crippen molar-refractivity contribution in [2.24, 2.45) is 5.92 Å². The quantitative estimate of drug-likeness (QED) is 0.512. The van der Waals surface area contributed by atoms with Crippen LogP contribution in [0.15, 0.2) is 48.7 Å². The number of alkyl halides is 3. The van der Waals surface area contributed by atoms with E-state index in [0.717, 1.165) is 50.6 Å². The number of piperazine rings is 1. The van der Waals surface area contributed by atoms with Crippen LogP contribution in [-0.2, 0) is 14.4 Å². The molecule has 1 N–H and O–H groups in total. The van der Waals surface area contributed by atoms with Crippen molar-refractivity contribution < 1.29 is 32.7 Å². The van der Waals surface area contributed by atoms with Gasteiger partial charge in [0, 0.05) is 75.6 Å². The van der Waals surface area contributed by atoms with Gasteiger partial charge in [0.1, 0.15) is 5.82 Å². The zero-order valence-electron chi connectivity index (χ0n) is 22.9. The van der Waals surface area contributed by atoms with Crippen LogP contribution in [0.5, 0.6) is 0 Å². The maximum Gasteiger partial charge on any atom is 0.490 e. The molecule has 224 valence electrons. The van der Waals surface area contributed by atoms with Gasteiger partial charge >= 0.3 is 12.1 Å². The van der Waals surface area contributed by atoms with Crippen LogP contribution in [-0.4, -0.2) is 96.2 Å². The summed E-state index contributed by atoms with van der Waals surface area (Å²) in [6, 6.07) is 13.6. The summed E-state index contributed by atoms with van der Waals surface area (Å²) in [6.45, 7) is 8.40. The van der Waals surface area contributed by atoms with E-state index in [9.17, 15) is 22.8 Å². The second-order valence-corrected chi connectivity index (χ2v) is 10.4. The van der Waals surface area contributed by atoms with Crippen molar-refractivity contribution >= 4 is 40.9 Å². The molecule has 0 unspecified atom stereocenters. The van der Waals surface area contributed by atoms with Gasteiger partial charge in [0.2, 0.25) is 11.8 Å². The second kappa shape index (κ2) is 15.0. The monoisotopic (exact) mass is 597 g/mol. The first kappa shape index (κ1) is 32.1. The minimum atomic E-state index is -5.08. The van der Waals surface area contributed by atoms with Gasteiger partial charge in [-0.15, -0.1) is 0 Å². The molecule has 0 atom stereocenters. The standard InChI is InChI=1S/C26H34ClN5O2.C2HF3O2/c1-21(33)30-14-9-22(10-15-30)26(34)32(24-7-4-6-23(27)20-24)13-5-12-29-16-18-31(19-17-29)25-8-2-3-11-28-25;3-2(4,5)1(6)7/h2-4,6-8,11,20,22H,5,9-10,12-19H2,1H3;(H,6,7). The molecule has 3 heterocycles. The normalized spacial score (nSPS) is 16.5. The molecule has 13 heteroatoms.